The molecule has 0 heterocycles. The van der Waals surface area contributed by atoms with Crippen molar-refractivity contribution in [1.29, 1.82) is 0 Å². The molecule has 6 heteroatoms. The number of carbonyl (C=O) groups is 1. The predicted molar refractivity (Wildman–Crippen MR) is 125 cm³/mol. The van der Waals surface area contributed by atoms with Crippen molar-refractivity contribution >= 4 is 17.3 Å². The molecule has 162 valence electrons. The maximum atomic E-state index is 11.2. The zero-order chi connectivity index (χ0) is 22.2. The van der Waals surface area contributed by atoms with E-state index < -0.39 is 5.97 Å². The van der Waals surface area contributed by atoms with Crippen LogP contribution in [0.1, 0.15) is 10.4 Å². The summed E-state index contributed by atoms with van der Waals surface area (Å²) < 4.78 is 10.5. The summed E-state index contributed by atoms with van der Waals surface area (Å²) in [7, 11) is 3.38. The summed E-state index contributed by atoms with van der Waals surface area (Å²) in [5.41, 5.74) is 12.1. The summed E-state index contributed by atoms with van der Waals surface area (Å²) in [6.07, 6.45) is 0. The average molecular weight is 421 g/mol. The lowest BCUT2D eigenvalue weighted by Crippen LogP contribution is -2.30. The number of nitrogens with zero attached hydrogens (tertiary/aromatic N) is 1. The van der Waals surface area contributed by atoms with Crippen molar-refractivity contribution in [2.45, 2.75) is 0 Å². The van der Waals surface area contributed by atoms with Gasteiger partial charge in [0.25, 0.3) is 0 Å². The van der Waals surface area contributed by atoms with Crippen LogP contribution in [-0.4, -0.2) is 51.6 Å². The molecular formula is C25H28N2O4. The molecule has 0 saturated carbocycles. The van der Waals surface area contributed by atoms with Crippen LogP contribution >= 0.6 is 0 Å². The topological polar surface area (TPSA) is 85.0 Å². The maximum absolute atomic E-state index is 11.2. The number of benzene rings is 3. The summed E-state index contributed by atoms with van der Waals surface area (Å²) >= 11 is 0. The number of hydrogen-bond acceptors (Lipinski definition) is 5. The smallest absolute Gasteiger partial charge is 0.335 e. The summed E-state index contributed by atoms with van der Waals surface area (Å²) in [5.74, 6) is -0.936. The van der Waals surface area contributed by atoms with E-state index in [1.165, 1.54) is 0 Å². The second-order valence-electron chi connectivity index (χ2n) is 7.21. The molecule has 0 aliphatic rings. The Labute approximate surface area is 182 Å². The van der Waals surface area contributed by atoms with Gasteiger partial charge in [-0.1, -0.05) is 36.4 Å². The van der Waals surface area contributed by atoms with E-state index in [-0.39, 0.29) is 5.56 Å². The molecule has 0 unspecified atom stereocenters. The van der Waals surface area contributed by atoms with Crippen molar-refractivity contribution in [2.24, 2.45) is 0 Å². The lowest BCUT2D eigenvalue weighted by Gasteiger charge is -2.25. The van der Waals surface area contributed by atoms with Crippen LogP contribution in [0.5, 0.6) is 0 Å². The highest BCUT2D eigenvalue weighted by atomic mass is 16.5. The number of hydrogen-bond donors (Lipinski definition) is 2. The number of nitrogens with two attached hydrogens (primary N) is 1. The molecule has 0 aliphatic heterocycles. The maximum Gasteiger partial charge on any atom is 0.335 e. The molecule has 0 bridgehead atoms. The van der Waals surface area contributed by atoms with Gasteiger partial charge < -0.3 is 25.2 Å². The largest absolute Gasteiger partial charge is 0.478 e. The number of carboxylic acid groups (broad SMARTS) is 1. The number of carboxylic acids is 1. The van der Waals surface area contributed by atoms with Crippen molar-refractivity contribution in [1.82, 2.24) is 0 Å². The van der Waals surface area contributed by atoms with Crippen LogP contribution in [0.15, 0.2) is 66.7 Å². The van der Waals surface area contributed by atoms with Crippen molar-refractivity contribution in [2.75, 3.05) is 51.2 Å². The van der Waals surface area contributed by atoms with Gasteiger partial charge in [0.2, 0.25) is 0 Å². The lowest BCUT2D eigenvalue weighted by molar-refractivity contribution is 0.0697. The Balaban J connectivity index is 1.89. The lowest BCUT2D eigenvalue weighted by atomic mass is 9.98. The molecular weight excluding hydrogens is 392 g/mol. The quantitative estimate of drug-likeness (QED) is 0.473. The Kier molecular flexibility index (Phi) is 7.65. The van der Waals surface area contributed by atoms with Gasteiger partial charge in [-0.25, -0.2) is 4.79 Å². The first-order valence-electron chi connectivity index (χ1n) is 10.1. The molecule has 31 heavy (non-hydrogen) atoms. The van der Waals surface area contributed by atoms with Crippen molar-refractivity contribution in [3.05, 3.63) is 72.3 Å². The van der Waals surface area contributed by atoms with Crippen molar-refractivity contribution in [3.8, 4) is 22.3 Å². The standard InChI is InChI=1S/C25H28N2O4/c1-30-14-12-27(13-15-31-2)22-10-11-24(26)23(17-22)19-8-6-18(7-9-19)20-4-3-5-21(16-20)25(28)29/h3-11,16-17H,12-15,26H2,1-2H3,(H,28,29). The number of ether oxygens (including phenoxy) is 2. The number of methoxy groups -OCH3 is 2. The van der Waals surface area contributed by atoms with Gasteiger partial charge in [0.1, 0.15) is 0 Å². The second kappa shape index (κ2) is 10.6. The van der Waals surface area contributed by atoms with Crippen LogP contribution in [0, 0.1) is 0 Å². The van der Waals surface area contributed by atoms with E-state index in [2.05, 4.69) is 11.0 Å². The molecule has 0 aliphatic carbocycles. The number of rotatable bonds is 10. The van der Waals surface area contributed by atoms with Gasteiger partial charge in [0.05, 0.1) is 18.8 Å². The van der Waals surface area contributed by atoms with Gasteiger partial charge in [0.15, 0.2) is 0 Å². The Morgan fingerprint density at radius 3 is 2.13 bits per heavy atom. The SMILES string of the molecule is COCCN(CCOC)c1ccc(N)c(-c2ccc(-c3cccc(C(=O)O)c3)cc2)c1. The van der Waals surface area contributed by atoms with Crippen LogP contribution in [-0.2, 0) is 9.47 Å². The molecule has 0 amide bonds. The average Bonchev–Trinajstić information content (AvgIpc) is 2.80. The monoisotopic (exact) mass is 420 g/mol. The Bertz CT molecular complexity index is 1010. The molecule has 0 saturated heterocycles. The van der Waals surface area contributed by atoms with Crippen molar-refractivity contribution in [3.63, 3.8) is 0 Å². The predicted octanol–water partition coefficient (Wildman–Crippen LogP) is 4.40. The molecule has 3 aromatic carbocycles. The normalized spacial score (nSPS) is 10.8. The minimum absolute atomic E-state index is 0.269. The molecule has 3 N–H and O–H groups in total. The Hall–Kier alpha value is -3.35. The van der Waals surface area contributed by atoms with E-state index >= 15 is 0 Å². The molecule has 0 aromatic heterocycles. The first kappa shape index (κ1) is 22.3. The minimum Gasteiger partial charge on any atom is -0.478 e. The summed E-state index contributed by atoms with van der Waals surface area (Å²) in [6.45, 7) is 2.74. The second-order valence-corrected chi connectivity index (χ2v) is 7.21. The van der Waals surface area contributed by atoms with Crippen LogP contribution < -0.4 is 10.6 Å². The highest BCUT2D eigenvalue weighted by Crippen LogP contribution is 2.32. The van der Waals surface area contributed by atoms with E-state index in [4.69, 9.17) is 15.2 Å². The van der Waals surface area contributed by atoms with E-state index in [1.54, 1.807) is 32.4 Å². The molecule has 0 atom stereocenters. The highest BCUT2D eigenvalue weighted by molar-refractivity contribution is 5.89. The van der Waals surface area contributed by atoms with Gasteiger partial charge in [-0.05, 0) is 47.0 Å². The van der Waals surface area contributed by atoms with E-state index in [1.807, 2.05) is 42.5 Å². The minimum atomic E-state index is -0.936. The van der Waals surface area contributed by atoms with Gasteiger partial charge in [-0.3, -0.25) is 0 Å². The molecule has 0 fully saturated rings. The molecule has 3 aromatic rings. The molecule has 6 nitrogen and oxygen atoms in total. The van der Waals surface area contributed by atoms with Crippen LogP contribution in [0.4, 0.5) is 11.4 Å². The third kappa shape index (κ3) is 5.63. The fraction of sp³-hybridized carbons (Fsp3) is 0.240. The van der Waals surface area contributed by atoms with Crippen LogP contribution in [0.3, 0.4) is 0 Å². The van der Waals surface area contributed by atoms with Gasteiger partial charge in [-0.15, -0.1) is 0 Å². The first-order chi connectivity index (χ1) is 15.0. The number of anilines is 2. The first-order valence-corrected chi connectivity index (χ1v) is 10.1. The summed E-state index contributed by atoms with van der Waals surface area (Å²) in [6, 6.07) is 20.9. The van der Waals surface area contributed by atoms with E-state index in [0.29, 0.717) is 18.9 Å². The van der Waals surface area contributed by atoms with E-state index in [9.17, 15) is 9.90 Å². The molecule has 3 rings (SSSR count). The third-order valence-corrected chi connectivity index (χ3v) is 5.17. The Morgan fingerprint density at radius 2 is 1.52 bits per heavy atom. The summed E-state index contributed by atoms with van der Waals surface area (Å²) in [5, 5.41) is 9.22. The van der Waals surface area contributed by atoms with Gasteiger partial charge in [0, 0.05) is 44.2 Å². The van der Waals surface area contributed by atoms with Crippen LogP contribution in [0.2, 0.25) is 0 Å². The van der Waals surface area contributed by atoms with Gasteiger partial charge in [-0.2, -0.15) is 0 Å². The van der Waals surface area contributed by atoms with Crippen LogP contribution in [0.25, 0.3) is 22.3 Å². The number of nitrogen functional groups attached to an aromatic ring is 1. The molecule has 0 radical (unpaired) electrons. The zero-order valence-corrected chi connectivity index (χ0v) is 17.9. The fourth-order valence-electron chi connectivity index (χ4n) is 3.44. The third-order valence-electron chi connectivity index (χ3n) is 5.17. The molecule has 0 spiro atoms. The van der Waals surface area contributed by atoms with Crippen molar-refractivity contribution < 1.29 is 19.4 Å². The van der Waals surface area contributed by atoms with E-state index in [0.717, 1.165) is 41.0 Å². The summed E-state index contributed by atoms with van der Waals surface area (Å²) in [4.78, 5) is 13.5. The highest BCUT2D eigenvalue weighted by Gasteiger charge is 2.11. The Morgan fingerprint density at radius 1 is 0.871 bits per heavy atom. The fourth-order valence-corrected chi connectivity index (χ4v) is 3.44. The zero-order valence-electron chi connectivity index (χ0n) is 17.9. The number of aromatic carboxylic acids is 1. The van der Waals surface area contributed by atoms with Gasteiger partial charge >= 0.3 is 5.97 Å².